The molecule has 2 aromatic carbocycles. The summed E-state index contributed by atoms with van der Waals surface area (Å²) in [5, 5.41) is 18.6. The lowest BCUT2D eigenvalue weighted by Gasteiger charge is -2.26. The van der Waals surface area contributed by atoms with E-state index in [1.807, 2.05) is 43.3 Å². The Labute approximate surface area is 208 Å². The third-order valence-corrected chi connectivity index (χ3v) is 6.55. The summed E-state index contributed by atoms with van der Waals surface area (Å²) in [7, 11) is 0. The van der Waals surface area contributed by atoms with Gasteiger partial charge in [0.05, 0.1) is 12.6 Å². The average molecular weight is 489 g/mol. The number of benzene rings is 2. The summed E-state index contributed by atoms with van der Waals surface area (Å²) in [6, 6.07) is 14.4. The summed E-state index contributed by atoms with van der Waals surface area (Å²) in [6.45, 7) is 4.89. The first kappa shape index (κ1) is 22.9. The number of pyridine rings is 1. The van der Waals surface area contributed by atoms with Gasteiger partial charge in [0.25, 0.3) is 5.91 Å². The van der Waals surface area contributed by atoms with Crippen molar-refractivity contribution in [2.45, 2.75) is 32.9 Å². The molecule has 0 spiro atoms. The molecule has 35 heavy (non-hydrogen) atoms. The number of amides is 1. The van der Waals surface area contributed by atoms with Gasteiger partial charge in [-0.25, -0.2) is 0 Å². The number of ether oxygens (including phenoxy) is 1. The molecule has 0 saturated heterocycles. The maximum atomic E-state index is 13.6. The van der Waals surface area contributed by atoms with E-state index in [0.29, 0.717) is 40.7 Å². The van der Waals surface area contributed by atoms with Crippen molar-refractivity contribution in [3.63, 3.8) is 0 Å². The van der Waals surface area contributed by atoms with E-state index in [9.17, 15) is 9.90 Å². The summed E-state index contributed by atoms with van der Waals surface area (Å²) in [5.41, 5.74) is 4.65. The summed E-state index contributed by atoms with van der Waals surface area (Å²) in [5.74, 6) is 0.660. The van der Waals surface area contributed by atoms with Crippen molar-refractivity contribution in [2.24, 2.45) is 0 Å². The molecule has 0 saturated carbocycles. The Hall–Kier alpha value is -3.84. The Morgan fingerprint density at radius 2 is 2.00 bits per heavy atom. The van der Waals surface area contributed by atoms with Gasteiger partial charge in [-0.2, -0.15) is 5.10 Å². The van der Waals surface area contributed by atoms with Gasteiger partial charge in [0.1, 0.15) is 22.9 Å². The third-order valence-electron chi connectivity index (χ3n) is 6.14. The SMILES string of the molecule is CCCOc1ccc(C2c3c(-c4cc(Cl)c(C)cc4O)n[nH]c3C(=O)N2Cc2cccnc2)cc1. The number of phenolic OH excluding ortho intramolecular Hbond substituents is 1. The van der Waals surface area contributed by atoms with Gasteiger partial charge in [-0.3, -0.25) is 14.9 Å². The molecule has 1 amide bonds. The number of fused-ring (bicyclic) bond motifs is 1. The van der Waals surface area contributed by atoms with Gasteiger partial charge in [0.15, 0.2) is 0 Å². The average Bonchev–Trinajstić information content (AvgIpc) is 3.40. The second-order valence-electron chi connectivity index (χ2n) is 8.59. The van der Waals surface area contributed by atoms with Crippen LogP contribution in [0.15, 0.2) is 60.9 Å². The molecule has 2 aromatic heterocycles. The summed E-state index contributed by atoms with van der Waals surface area (Å²) in [6.07, 6.45) is 4.38. The number of aromatic amines is 1. The molecule has 1 unspecified atom stereocenters. The zero-order chi connectivity index (χ0) is 24.5. The van der Waals surface area contributed by atoms with Crippen LogP contribution < -0.4 is 4.74 Å². The van der Waals surface area contributed by atoms with Crippen LogP contribution in [0.25, 0.3) is 11.3 Å². The number of aromatic hydroxyl groups is 1. The van der Waals surface area contributed by atoms with Crippen LogP contribution in [0, 0.1) is 6.92 Å². The van der Waals surface area contributed by atoms with E-state index < -0.39 is 6.04 Å². The summed E-state index contributed by atoms with van der Waals surface area (Å²) >= 11 is 6.38. The number of H-pyrrole nitrogens is 1. The number of nitrogens with one attached hydrogen (secondary N) is 1. The van der Waals surface area contributed by atoms with Gasteiger partial charge >= 0.3 is 0 Å². The fourth-order valence-electron chi connectivity index (χ4n) is 4.42. The maximum Gasteiger partial charge on any atom is 0.273 e. The highest BCUT2D eigenvalue weighted by Crippen LogP contribution is 2.46. The largest absolute Gasteiger partial charge is 0.507 e. The number of aryl methyl sites for hydroxylation is 1. The van der Waals surface area contributed by atoms with Crippen LogP contribution in [0.2, 0.25) is 5.02 Å². The fourth-order valence-corrected chi connectivity index (χ4v) is 4.59. The van der Waals surface area contributed by atoms with Gasteiger partial charge in [-0.05, 0) is 60.4 Å². The van der Waals surface area contributed by atoms with Crippen LogP contribution in [0.1, 0.15) is 52.1 Å². The smallest absolute Gasteiger partial charge is 0.273 e. The Bertz CT molecular complexity index is 1370. The molecule has 1 aliphatic heterocycles. The Morgan fingerprint density at radius 1 is 1.20 bits per heavy atom. The minimum absolute atomic E-state index is 0.0569. The highest BCUT2D eigenvalue weighted by atomic mass is 35.5. The standard InChI is InChI=1S/C27H25ClN4O3/c1-3-11-35-19-8-6-18(7-9-19)26-23-24(20-13-21(28)16(2)12-22(20)33)30-31-25(23)27(34)32(26)15-17-5-4-10-29-14-17/h4-10,12-14,26,33H,3,11,15H2,1-2H3,(H,30,31). The molecule has 0 aliphatic carbocycles. The maximum absolute atomic E-state index is 13.6. The minimum atomic E-state index is -0.425. The van der Waals surface area contributed by atoms with E-state index in [1.165, 1.54) is 0 Å². The number of carbonyl (C=O) groups is 1. The molecule has 0 fully saturated rings. The predicted molar refractivity (Wildman–Crippen MR) is 134 cm³/mol. The molecule has 0 radical (unpaired) electrons. The number of halogens is 1. The number of carbonyl (C=O) groups excluding carboxylic acids is 1. The zero-order valence-corrected chi connectivity index (χ0v) is 20.2. The summed E-state index contributed by atoms with van der Waals surface area (Å²) < 4.78 is 5.75. The van der Waals surface area contributed by atoms with Crippen LogP contribution in [0.3, 0.4) is 0 Å². The van der Waals surface area contributed by atoms with Crippen molar-refractivity contribution in [2.75, 3.05) is 6.61 Å². The highest BCUT2D eigenvalue weighted by Gasteiger charge is 2.42. The molecule has 1 atom stereocenters. The number of nitrogens with zero attached hydrogens (tertiary/aromatic N) is 3. The first-order valence-electron chi connectivity index (χ1n) is 11.5. The van der Waals surface area contributed by atoms with E-state index in [4.69, 9.17) is 16.3 Å². The van der Waals surface area contributed by atoms with Gasteiger partial charge in [0, 0.05) is 35.1 Å². The molecular formula is C27H25ClN4O3. The van der Waals surface area contributed by atoms with E-state index >= 15 is 0 Å². The molecular weight excluding hydrogens is 464 g/mol. The Morgan fingerprint density at radius 3 is 2.71 bits per heavy atom. The molecule has 3 heterocycles. The fraction of sp³-hybridized carbons (Fsp3) is 0.222. The van der Waals surface area contributed by atoms with Gasteiger partial charge < -0.3 is 14.7 Å². The van der Waals surface area contributed by atoms with Crippen LogP contribution in [-0.4, -0.2) is 37.7 Å². The van der Waals surface area contributed by atoms with Crippen molar-refractivity contribution in [3.05, 3.63) is 93.9 Å². The normalized spacial score (nSPS) is 14.9. The van der Waals surface area contributed by atoms with E-state index in [0.717, 1.165) is 28.9 Å². The van der Waals surface area contributed by atoms with Crippen LogP contribution >= 0.6 is 11.6 Å². The second kappa shape index (κ2) is 9.43. The number of hydrogen-bond donors (Lipinski definition) is 2. The lowest BCUT2D eigenvalue weighted by Crippen LogP contribution is -2.29. The molecule has 1 aliphatic rings. The van der Waals surface area contributed by atoms with Crippen LogP contribution in [-0.2, 0) is 6.54 Å². The Balaban J connectivity index is 1.62. The molecule has 8 heteroatoms. The number of rotatable bonds is 7. The van der Waals surface area contributed by atoms with E-state index in [2.05, 4.69) is 22.1 Å². The first-order valence-corrected chi connectivity index (χ1v) is 11.9. The molecule has 5 rings (SSSR count). The third kappa shape index (κ3) is 4.23. The van der Waals surface area contributed by atoms with Gasteiger partial charge in [-0.15, -0.1) is 0 Å². The number of phenols is 1. The van der Waals surface area contributed by atoms with Crippen molar-refractivity contribution >= 4 is 17.5 Å². The van der Waals surface area contributed by atoms with Gasteiger partial charge in [0.2, 0.25) is 0 Å². The van der Waals surface area contributed by atoms with Crippen molar-refractivity contribution in [3.8, 4) is 22.8 Å². The zero-order valence-electron chi connectivity index (χ0n) is 19.5. The topological polar surface area (TPSA) is 91.3 Å². The second-order valence-corrected chi connectivity index (χ2v) is 9.00. The highest BCUT2D eigenvalue weighted by molar-refractivity contribution is 6.31. The van der Waals surface area contributed by atoms with Crippen molar-refractivity contribution in [1.29, 1.82) is 0 Å². The molecule has 7 nitrogen and oxygen atoms in total. The van der Waals surface area contributed by atoms with Gasteiger partial charge in [-0.1, -0.05) is 36.7 Å². The number of hydrogen-bond acceptors (Lipinski definition) is 5. The molecule has 0 bridgehead atoms. The summed E-state index contributed by atoms with van der Waals surface area (Å²) in [4.78, 5) is 19.6. The van der Waals surface area contributed by atoms with Crippen LogP contribution in [0.4, 0.5) is 0 Å². The van der Waals surface area contributed by atoms with Crippen LogP contribution in [0.5, 0.6) is 11.5 Å². The lowest BCUT2D eigenvalue weighted by molar-refractivity contribution is 0.0730. The molecule has 4 aromatic rings. The Kier molecular flexibility index (Phi) is 6.17. The minimum Gasteiger partial charge on any atom is -0.507 e. The van der Waals surface area contributed by atoms with E-state index in [-0.39, 0.29) is 11.7 Å². The predicted octanol–water partition coefficient (Wildman–Crippen LogP) is 5.67. The van der Waals surface area contributed by atoms with E-state index in [1.54, 1.807) is 29.4 Å². The van der Waals surface area contributed by atoms with Crippen molar-refractivity contribution in [1.82, 2.24) is 20.1 Å². The quantitative estimate of drug-likeness (QED) is 0.349. The molecule has 178 valence electrons. The lowest BCUT2D eigenvalue weighted by atomic mass is 9.95. The monoisotopic (exact) mass is 488 g/mol. The first-order chi connectivity index (χ1) is 17.0. The van der Waals surface area contributed by atoms with Crippen molar-refractivity contribution < 1.29 is 14.6 Å². The number of aromatic nitrogens is 3. The molecule has 2 N–H and O–H groups in total.